The van der Waals surface area contributed by atoms with Crippen molar-refractivity contribution < 1.29 is 45.3 Å². The van der Waals surface area contributed by atoms with E-state index in [-0.39, 0.29) is 24.4 Å². The Kier molecular flexibility index (Phi) is 9.82. The van der Waals surface area contributed by atoms with Gasteiger partial charge < -0.3 is 45.3 Å². The lowest BCUT2D eigenvalue weighted by Gasteiger charge is -2.16. The normalized spacial score (nSPS) is 14.0. The number of allylic oxidation sites excluding steroid dienone is 4. The number of hydrogen-bond donors (Lipinski definition) is 8. The summed E-state index contributed by atoms with van der Waals surface area (Å²) in [6.07, 6.45) is 1.23. The molecule has 256 valence electrons. The molecule has 0 aliphatic rings. The number of benzene rings is 4. The zero-order valence-electron chi connectivity index (χ0n) is 27.3. The second-order valence-electron chi connectivity index (χ2n) is 11.6. The van der Waals surface area contributed by atoms with Crippen LogP contribution in [0.2, 0.25) is 0 Å². The minimum Gasteiger partial charge on any atom is -0.515 e. The van der Waals surface area contributed by atoms with E-state index < -0.39 is 39.7 Å². The van der Waals surface area contributed by atoms with Gasteiger partial charge in [0.05, 0.1) is 29.9 Å². The largest absolute Gasteiger partial charge is 0.515 e. The molecule has 2 radical (unpaired) electrons. The van der Waals surface area contributed by atoms with Gasteiger partial charge in [-0.25, -0.2) is 0 Å². The Hall–Kier alpha value is -7.20. The maximum absolute atomic E-state index is 11.3. The third-order valence-electron chi connectivity index (χ3n) is 8.65. The van der Waals surface area contributed by atoms with E-state index in [1.165, 1.54) is 0 Å². The van der Waals surface area contributed by atoms with Crippen molar-refractivity contribution in [1.82, 2.24) is 0 Å². The van der Waals surface area contributed by atoms with Gasteiger partial charge in [-0.3, -0.25) is 0 Å². The number of fused-ring (bicyclic) bond motifs is 6. The van der Waals surface area contributed by atoms with Gasteiger partial charge in [0, 0.05) is 21.7 Å². The highest BCUT2D eigenvalue weighted by molar-refractivity contribution is 6.31. The first-order valence-electron chi connectivity index (χ1n) is 15.8. The van der Waals surface area contributed by atoms with E-state index in [1.807, 2.05) is 72.8 Å². The number of aliphatic hydroxyl groups excluding tert-OH is 8. The van der Waals surface area contributed by atoms with Gasteiger partial charge in [0.2, 0.25) is 5.76 Å². The molecule has 9 nitrogen and oxygen atoms in total. The fourth-order valence-electron chi connectivity index (χ4n) is 6.11. The molecule has 10 heteroatoms. The molecule has 0 unspecified atom stereocenters. The fourth-order valence-corrected chi connectivity index (χ4v) is 6.11. The average Bonchev–Trinajstić information content (AvgIpc) is 3.56. The lowest BCUT2D eigenvalue weighted by atomic mass is 9.80. The Labute approximate surface area is 298 Å². The highest BCUT2D eigenvalue weighted by atomic mass is 16.3. The van der Waals surface area contributed by atoms with Gasteiger partial charge in [-0.1, -0.05) is 97.1 Å². The second-order valence-corrected chi connectivity index (χ2v) is 11.6. The van der Waals surface area contributed by atoms with Gasteiger partial charge in [-0.05, 0) is 56.5 Å². The molecule has 8 N–H and O–H groups in total. The van der Waals surface area contributed by atoms with Gasteiger partial charge in [0.25, 0.3) is 0 Å². The summed E-state index contributed by atoms with van der Waals surface area (Å²) >= 11 is 0. The number of rotatable bonds is 7. The van der Waals surface area contributed by atoms with Crippen molar-refractivity contribution in [2.45, 2.75) is 0 Å². The van der Waals surface area contributed by atoms with Gasteiger partial charge in [0.15, 0.2) is 11.5 Å². The first-order valence-corrected chi connectivity index (χ1v) is 15.8. The Bertz CT molecular complexity index is 2620. The van der Waals surface area contributed by atoms with Crippen molar-refractivity contribution in [3.63, 3.8) is 0 Å². The van der Waals surface area contributed by atoms with E-state index in [0.29, 0.717) is 17.2 Å². The Morgan fingerprint density at radius 3 is 1.85 bits per heavy atom. The van der Waals surface area contributed by atoms with Crippen molar-refractivity contribution >= 4 is 56.9 Å². The average molecular weight is 691 g/mol. The number of aliphatic hydroxyl groups is 8. The van der Waals surface area contributed by atoms with Crippen LogP contribution in [0.5, 0.6) is 0 Å². The number of hydrogen-bond acceptors (Lipinski definition) is 9. The van der Waals surface area contributed by atoms with Crippen LogP contribution in [0, 0.1) is 0 Å². The maximum atomic E-state index is 11.3. The summed E-state index contributed by atoms with van der Waals surface area (Å²) in [5.74, 6) is -4.64. The van der Waals surface area contributed by atoms with Gasteiger partial charge in [-0.15, -0.1) is 0 Å². The molecule has 6 rings (SSSR count). The van der Waals surface area contributed by atoms with Crippen LogP contribution in [0.3, 0.4) is 0 Å². The topological polar surface area (TPSA) is 175 Å². The minimum absolute atomic E-state index is 0.0749. The Morgan fingerprint density at radius 1 is 0.519 bits per heavy atom. The van der Waals surface area contributed by atoms with Crippen LogP contribution in [0.1, 0.15) is 5.56 Å². The predicted octanol–water partition coefficient (Wildman–Crippen LogP) is 10.7. The van der Waals surface area contributed by atoms with Crippen LogP contribution < -0.4 is 0 Å². The summed E-state index contributed by atoms with van der Waals surface area (Å²) in [5.41, 5.74) is 1.36. The lowest BCUT2D eigenvalue weighted by Crippen LogP contribution is -2.06. The van der Waals surface area contributed by atoms with E-state index in [9.17, 15) is 35.7 Å². The van der Waals surface area contributed by atoms with Gasteiger partial charge in [-0.2, -0.15) is 0 Å². The standard InChI is InChI=1S/C42H31BO9/c43-38(39(49)34(21-45)35(22-46)40(50)41(51)36(48)23-47)33(20-44)30-12-4-2-1-3-10-26(28-13-7-8-14-29(28)30)25-16-18-37-32(19-25)31-17-15-24-9-5-6-11-27(24)42(31)52-37/h1-23,44-51H/b2-1?,3-1?,4-2?,10-3?,12-4?,26-10?,28-26?,30-12?,30-29?,33-20+,34-21+,35-22+,36-23-,39-38+,41-40-. The molecule has 1 heterocycles. The van der Waals surface area contributed by atoms with E-state index >= 15 is 0 Å². The van der Waals surface area contributed by atoms with Crippen molar-refractivity contribution in [1.29, 1.82) is 0 Å². The smallest absolute Gasteiger partial charge is 0.204 e. The van der Waals surface area contributed by atoms with Gasteiger partial charge >= 0.3 is 0 Å². The minimum atomic E-state index is -1.29. The first-order chi connectivity index (χ1) is 25.2. The zero-order chi connectivity index (χ0) is 36.9. The van der Waals surface area contributed by atoms with Gasteiger partial charge in [0.1, 0.15) is 31.0 Å². The molecular formula is C42H31BO9. The molecule has 0 bridgehead atoms. The molecule has 0 saturated heterocycles. The third-order valence-corrected chi connectivity index (χ3v) is 8.65. The monoisotopic (exact) mass is 690 g/mol. The molecule has 5 aromatic carbocycles. The van der Waals surface area contributed by atoms with Crippen LogP contribution in [0.25, 0.3) is 60.2 Å². The van der Waals surface area contributed by atoms with Crippen LogP contribution in [0.15, 0.2) is 184 Å². The molecule has 0 amide bonds. The summed E-state index contributed by atoms with van der Waals surface area (Å²) in [6.45, 7) is 0. The summed E-state index contributed by atoms with van der Waals surface area (Å²) < 4.78 is 6.34. The quantitative estimate of drug-likeness (QED) is 0.0460. The predicted molar refractivity (Wildman–Crippen MR) is 205 cm³/mol. The molecule has 0 aliphatic heterocycles. The lowest BCUT2D eigenvalue weighted by molar-refractivity contribution is 0.273. The van der Waals surface area contributed by atoms with Crippen LogP contribution in [-0.2, 0) is 0 Å². The molecular weight excluding hydrogens is 659 g/mol. The molecule has 0 aliphatic carbocycles. The molecule has 0 fully saturated rings. The van der Waals surface area contributed by atoms with Crippen LogP contribution >= 0.6 is 0 Å². The maximum Gasteiger partial charge on any atom is 0.204 e. The van der Waals surface area contributed by atoms with Crippen LogP contribution in [-0.4, -0.2) is 48.7 Å². The van der Waals surface area contributed by atoms with E-state index in [0.717, 1.165) is 49.2 Å². The zero-order valence-corrected chi connectivity index (χ0v) is 27.3. The summed E-state index contributed by atoms with van der Waals surface area (Å²) in [6, 6.07) is 36.2. The van der Waals surface area contributed by atoms with Crippen molar-refractivity contribution in [3.05, 3.63) is 186 Å². The van der Waals surface area contributed by atoms with Crippen molar-refractivity contribution in [3.8, 4) is 11.1 Å². The summed E-state index contributed by atoms with van der Waals surface area (Å²) in [7, 11) is 6.42. The van der Waals surface area contributed by atoms with E-state index in [4.69, 9.17) is 17.4 Å². The molecule has 52 heavy (non-hydrogen) atoms. The highest BCUT2D eigenvalue weighted by Crippen LogP contribution is 2.39. The molecule has 1 aromatic heterocycles. The molecule has 0 saturated carbocycles. The molecule has 6 aromatic rings. The van der Waals surface area contributed by atoms with E-state index in [1.54, 1.807) is 30.3 Å². The summed E-state index contributed by atoms with van der Waals surface area (Å²) in [4.78, 5) is 0. The highest BCUT2D eigenvalue weighted by Gasteiger charge is 2.23. The van der Waals surface area contributed by atoms with Crippen molar-refractivity contribution in [2.24, 2.45) is 0 Å². The first kappa shape index (κ1) is 34.7. The Balaban J connectivity index is 1.57. The third kappa shape index (κ3) is 6.20. The van der Waals surface area contributed by atoms with Crippen LogP contribution in [0.4, 0.5) is 0 Å². The SMILES string of the molecule is [B]C(/C(=C/O)c1ccccccc(-c2ccc3oc4c5ccccc5ccc4c3c2)c2ccccc12)=C(O)\C(=C\O)C(=C/O)\C(O)=C(O)/C(O)=C/O. The number of furan rings is 1. The molecule has 0 spiro atoms. The van der Waals surface area contributed by atoms with E-state index in [2.05, 4.69) is 12.1 Å². The molecule has 0 atom stereocenters. The second kappa shape index (κ2) is 14.7. The fraction of sp³-hybridized carbons (Fsp3) is 0. The van der Waals surface area contributed by atoms with Crippen molar-refractivity contribution in [2.75, 3.05) is 0 Å². The summed E-state index contributed by atoms with van der Waals surface area (Å²) in [5, 5.41) is 86.3. The Morgan fingerprint density at radius 2 is 1.15 bits per heavy atom.